The lowest BCUT2D eigenvalue weighted by atomic mass is 9.93. The van der Waals surface area contributed by atoms with Gasteiger partial charge in [0, 0.05) is 25.8 Å². The average molecular weight is 443 g/mol. The van der Waals surface area contributed by atoms with E-state index in [2.05, 4.69) is 0 Å². The Morgan fingerprint density at radius 3 is 2.04 bits per heavy atom. The van der Waals surface area contributed by atoms with Gasteiger partial charge in [0.1, 0.15) is 52.8 Å². The van der Waals surface area contributed by atoms with Crippen molar-refractivity contribution in [2.24, 2.45) is 0 Å². The van der Waals surface area contributed by atoms with E-state index in [4.69, 9.17) is 43.5 Å². The smallest absolute Gasteiger partial charge is 0.388 e. The lowest BCUT2D eigenvalue weighted by Crippen LogP contribution is -2.38. The zero-order valence-corrected chi connectivity index (χ0v) is 17.0. The van der Waals surface area contributed by atoms with Gasteiger partial charge in [0.25, 0.3) is 0 Å². The minimum absolute atomic E-state index is 0.0413. The second-order valence-corrected chi connectivity index (χ2v) is 9.71. The Morgan fingerprint density at radius 2 is 1.54 bits per heavy atom. The minimum Gasteiger partial charge on any atom is -0.388 e. The summed E-state index contributed by atoms with van der Waals surface area (Å²) >= 11 is 0. The van der Waals surface area contributed by atoms with E-state index in [9.17, 15) is 29.5 Å². The normalized spacial score (nSPS) is 41.2. The molecule has 2 aliphatic rings. The highest BCUT2D eigenvalue weighted by atomic mass is 31.2. The molecular weight excluding hydrogens is 420 g/mol. The van der Waals surface area contributed by atoms with Crippen LogP contribution in [-0.2, 0) is 32.3 Å². The summed E-state index contributed by atoms with van der Waals surface area (Å²) in [6, 6.07) is -2.37. The molecule has 0 aromatic heterocycles. The van der Waals surface area contributed by atoms with Gasteiger partial charge >= 0.3 is 15.8 Å². The van der Waals surface area contributed by atoms with Crippen molar-refractivity contribution in [1.29, 1.82) is 0 Å². The minimum atomic E-state index is -4.53. The van der Waals surface area contributed by atoms with Gasteiger partial charge in [-0.3, -0.25) is 9.09 Å². The Kier molecular flexibility index (Phi) is 8.49. The Bertz CT molecular complexity index is 565. The summed E-state index contributed by atoms with van der Waals surface area (Å²) in [6.45, 7) is 0.252. The second-order valence-electron chi connectivity index (χ2n) is 6.44. The first kappa shape index (κ1) is 24.6. The molecule has 2 heterocycles. The first-order chi connectivity index (χ1) is 12.8. The lowest BCUT2D eigenvalue weighted by molar-refractivity contribution is -0.0442. The molecule has 16 heteroatoms. The Balaban J connectivity index is 1.98. The topological polar surface area (TPSA) is 174 Å². The van der Waals surface area contributed by atoms with E-state index >= 15 is 0 Å². The van der Waals surface area contributed by atoms with Gasteiger partial charge in [0.05, 0.1) is 6.61 Å². The number of rotatable bonds is 9. The molecule has 2 aliphatic heterocycles. The monoisotopic (exact) mass is 443 g/mol. The van der Waals surface area contributed by atoms with E-state index in [1.165, 1.54) is 7.11 Å². The third kappa shape index (κ3) is 6.42. The van der Waals surface area contributed by atoms with Crippen LogP contribution in [0.4, 0.5) is 0 Å². The van der Waals surface area contributed by atoms with Gasteiger partial charge in [-0.25, -0.2) is 0 Å². The second kappa shape index (κ2) is 9.65. The average Bonchev–Trinajstić information content (AvgIpc) is 2.97. The predicted octanol–water partition coefficient (Wildman–Crippen LogP) is -2.59. The van der Waals surface area contributed by atoms with E-state index < -0.39 is 71.0 Å². The first-order valence-corrected chi connectivity index (χ1v) is 11.7. The third-order valence-electron chi connectivity index (χ3n) is 4.06. The zero-order chi connectivity index (χ0) is 21.3. The van der Waals surface area contributed by atoms with Crippen LogP contribution < -0.4 is 0 Å². The highest BCUT2D eigenvalue weighted by Crippen LogP contribution is 2.55. The molecule has 0 spiro atoms. The molecule has 0 bridgehead atoms. The van der Waals surface area contributed by atoms with Crippen molar-refractivity contribution in [3.8, 4) is 0 Å². The van der Waals surface area contributed by atoms with Crippen molar-refractivity contribution in [2.45, 2.75) is 48.6 Å². The molecule has 0 amide bonds. The van der Waals surface area contributed by atoms with Crippen molar-refractivity contribution in [2.75, 3.05) is 27.0 Å². The van der Waals surface area contributed by atoms with Gasteiger partial charge in [0.15, 0.2) is 6.10 Å². The Hall–Kier alpha value is 0.350. The van der Waals surface area contributed by atoms with E-state index in [-0.39, 0.29) is 6.61 Å². The molecule has 0 aliphatic carbocycles. The molecule has 0 aromatic carbocycles. The molecule has 9 atom stereocenters. The van der Waals surface area contributed by atoms with Crippen LogP contribution in [0.5, 0.6) is 0 Å². The Labute approximate surface area is 165 Å². The van der Waals surface area contributed by atoms with Crippen LogP contribution in [-0.4, -0.2) is 116 Å². The summed E-state index contributed by atoms with van der Waals surface area (Å²) in [5.41, 5.74) is 0. The lowest BCUT2D eigenvalue weighted by Gasteiger charge is -2.23. The quantitative estimate of drug-likeness (QED) is 0.186. The van der Waals surface area contributed by atoms with Gasteiger partial charge in [-0.05, 0) is 0 Å². The number of hydrogen-bond donors (Lipinski definition) is 5. The summed E-state index contributed by atoms with van der Waals surface area (Å²) in [5, 5.41) is 19.9. The summed E-state index contributed by atoms with van der Waals surface area (Å²) in [6.07, 6.45) is -7.52. The van der Waals surface area contributed by atoms with Crippen LogP contribution in [0.2, 0.25) is 0 Å². The molecule has 0 saturated carbocycles. The molecule has 4 radical (unpaired) electrons. The number of methoxy groups -OCH3 is 1. The zero-order valence-electron chi connectivity index (χ0n) is 15.2. The summed E-state index contributed by atoms with van der Waals surface area (Å²) in [7, 11) is 3.92. The molecule has 28 heavy (non-hydrogen) atoms. The standard InChI is InChI=1S/C12H22B2O12P2/c1-21-3-5-10(8(16)12(14)23-5)26-28(19,20)22-4-6-9(25-27(2,17)18)7(15)11(13)24-6/h5-12,15-16,19-20H,3-4H2,1-2H3/p+1/t5-,6-,7+,8+,9?,10?,11-,12-/m1/s1. The fourth-order valence-corrected chi connectivity index (χ4v) is 4.50. The molecule has 2 saturated heterocycles. The Morgan fingerprint density at radius 1 is 1.04 bits per heavy atom. The van der Waals surface area contributed by atoms with Gasteiger partial charge in [-0.15, -0.1) is 4.52 Å². The maximum Gasteiger partial charge on any atom is 0.570 e. The van der Waals surface area contributed by atoms with Crippen LogP contribution in [0.15, 0.2) is 0 Å². The SMILES string of the molecule is [B][C@@H]1O[C@H](CO[P+](O)(O)OC2[C@@H](COC)O[C@@H]([B])[C@H]2O)C(OP(C)(=O)O)[C@@H]1O. The van der Waals surface area contributed by atoms with E-state index in [1.54, 1.807) is 0 Å². The molecule has 5 N–H and O–H groups in total. The number of hydrogen-bond acceptors (Lipinski definition) is 11. The molecule has 3 unspecified atom stereocenters. The molecule has 158 valence electrons. The summed E-state index contributed by atoms with van der Waals surface area (Å²) in [4.78, 5) is 29.5. The molecule has 12 nitrogen and oxygen atoms in total. The van der Waals surface area contributed by atoms with Gasteiger partial charge < -0.3 is 29.3 Å². The fraction of sp³-hybridized carbons (Fsp3) is 1.00. The first-order valence-electron chi connectivity index (χ1n) is 8.18. The van der Waals surface area contributed by atoms with Crippen molar-refractivity contribution in [3.63, 3.8) is 0 Å². The van der Waals surface area contributed by atoms with Crippen molar-refractivity contribution in [3.05, 3.63) is 0 Å². The van der Waals surface area contributed by atoms with Crippen LogP contribution in [0.1, 0.15) is 0 Å². The van der Waals surface area contributed by atoms with Crippen molar-refractivity contribution >= 4 is 31.5 Å². The number of aliphatic hydroxyl groups excluding tert-OH is 2. The largest absolute Gasteiger partial charge is 0.570 e. The fourth-order valence-electron chi connectivity index (χ4n) is 2.81. The summed E-state index contributed by atoms with van der Waals surface area (Å²) < 4.78 is 41.6. The third-order valence-corrected chi connectivity index (χ3v) is 5.70. The number of ether oxygens (including phenoxy) is 3. The van der Waals surface area contributed by atoms with Crippen molar-refractivity contribution in [1.82, 2.24) is 0 Å². The van der Waals surface area contributed by atoms with Gasteiger partial charge in [-0.1, -0.05) is 0 Å². The number of aliphatic hydroxyl groups is 2. The van der Waals surface area contributed by atoms with Crippen LogP contribution in [0.25, 0.3) is 0 Å². The molecule has 2 fully saturated rings. The van der Waals surface area contributed by atoms with Crippen molar-refractivity contribution < 1.29 is 57.2 Å². The molecule has 0 aromatic rings. The molecule has 2 rings (SSSR count). The molecular formula is C12H23B2O12P2+. The van der Waals surface area contributed by atoms with Gasteiger partial charge in [-0.2, -0.15) is 14.3 Å². The van der Waals surface area contributed by atoms with Crippen LogP contribution >= 0.6 is 15.8 Å². The maximum atomic E-state index is 11.5. The summed E-state index contributed by atoms with van der Waals surface area (Å²) in [5.74, 6) is 0. The van der Waals surface area contributed by atoms with Crippen LogP contribution in [0, 0.1) is 0 Å². The van der Waals surface area contributed by atoms with Crippen LogP contribution in [0.3, 0.4) is 0 Å². The highest BCUT2D eigenvalue weighted by molar-refractivity contribution is 7.54. The van der Waals surface area contributed by atoms with Gasteiger partial charge in [0.2, 0.25) is 0 Å². The highest BCUT2D eigenvalue weighted by Gasteiger charge is 2.54. The predicted molar refractivity (Wildman–Crippen MR) is 95.5 cm³/mol. The van der Waals surface area contributed by atoms with E-state index in [0.717, 1.165) is 6.66 Å². The van der Waals surface area contributed by atoms with E-state index in [0.29, 0.717) is 0 Å². The van der Waals surface area contributed by atoms with E-state index in [1.807, 2.05) is 0 Å². The maximum absolute atomic E-state index is 11.5.